The van der Waals surface area contributed by atoms with Gasteiger partial charge in [0.15, 0.2) is 0 Å². The number of nitrogens with zero attached hydrogens (tertiary/aromatic N) is 3. The molecule has 1 amide bonds. The van der Waals surface area contributed by atoms with E-state index in [0.717, 1.165) is 5.56 Å². The van der Waals surface area contributed by atoms with Gasteiger partial charge in [-0.05, 0) is 17.5 Å². The molecule has 0 saturated heterocycles. The van der Waals surface area contributed by atoms with Gasteiger partial charge in [-0.15, -0.1) is 11.3 Å². The van der Waals surface area contributed by atoms with Gasteiger partial charge in [0, 0.05) is 18.0 Å². The molecule has 1 aromatic carbocycles. The van der Waals surface area contributed by atoms with Crippen LogP contribution in [0.5, 0.6) is 0 Å². The lowest BCUT2D eigenvalue weighted by atomic mass is 10.1. The summed E-state index contributed by atoms with van der Waals surface area (Å²) in [6.45, 7) is 0. The van der Waals surface area contributed by atoms with Crippen molar-refractivity contribution in [3.8, 4) is 11.3 Å². The van der Waals surface area contributed by atoms with Crippen LogP contribution in [-0.2, 0) is 0 Å². The van der Waals surface area contributed by atoms with E-state index in [2.05, 4.69) is 15.3 Å². The van der Waals surface area contributed by atoms with Crippen LogP contribution < -0.4 is 5.32 Å². The second kappa shape index (κ2) is 5.66. The number of anilines is 1. The summed E-state index contributed by atoms with van der Waals surface area (Å²) in [4.78, 5) is 21.9. The van der Waals surface area contributed by atoms with E-state index in [4.69, 9.17) is 0 Å². The summed E-state index contributed by atoms with van der Waals surface area (Å²) in [7, 11) is 0. The molecular weight excluding hydrogens is 308 g/mol. The Morgan fingerprint density at radius 1 is 1.09 bits per heavy atom. The number of aromatic nitrogens is 3. The van der Waals surface area contributed by atoms with Crippen molar-refractivity contribution in [2.24, 2.45) is 0 Å². The highest BCUT2D eigenvalue weighted by atomic mass is 32.1. The van der Waals surface area contributed by atoms with Gasteiger partial charge in [0.2, 0.25) is 5.78 Å². The van der Waals surface area contributed by atoms with Gasteiger partial charge in [0.1, 0.15) is 11.5 Å². The number of benzene rings is 1. The lowest BCUT2D eigenvalue weighted by Crippen LogP contribution is -2.12. The maximum atomic E-state index is 12.4. The Balaban J connectivity index is 1.85. The molecule has 6 heteroatoms. The summed E-state index contributed by atoms with van der Waals surface area (Å²) in [6, 6.07) is 15.2. The summed E-state index contributed by atoms with van der Waals surface area (Å²) in [5.41, 5.74) is 1.63. The van der Waals surface area contributed by atoms with Gasteiger partial charge < -0.3 is 5.32 Å². The Labute approximate surface area is 136 Å². The van der Waals surface area contributed by atoms with Crippen LogP contribution in [0, 0.1) is 0 Å². The van der Waals surface area contributed by atoms with Crippen LogP contribution >= 0.6 is 11.3 Å². The Hall–Kier alpha value is -2.99. The van der Waals surface area contributed by atoms with Gasteiger partial charge >= 0.3 is 0 Å². The van der Waals surface area contributed by atoms with Crippen molar-refractivity contribution in [1.82, 2.24) is 14.4 Å². The lowest BCUT2D eigenvalue weighted by molar-refractivity contribution is 0.103. The Bertz CT molecular complexity index is 961. The molecule has 0 fully saturated rings. The molecule has 23 heavy (non-hydrogen) atoms. The summed E-state index contributed by atoms with van der Waals surface area (Å²) in [6.07, 6.45) is 3.52. The quantitative estimate of drug-likeness (QED) is 0.626. The first-order valence-electron chi connectivity index (χ1n) is 7.06. The number of rotatable bonds is 3. The number of amides is 1. The zero-order valence-electron chi connectivity index (χ0n) is 12.0. The molecule has 0 radical (unpaired) electrons. The standard InChI is InChI=1S/C17H12N4OS/c22-16(13-8-4-11-23-13)20-15-14(12-6-2-1-3-7-12)19-17-18-9-5-10-21(15)17/h1-11H,(H,20,22). The van der Waals surface area contributed by atoms with Crippen LogP contribution in [0.4, 0.5) is 5.82 Å². The number of hydrogen-bond donors (Lipinski definition) is 1. The molecule has 4 aromatic rings. The summed E-state index contributed by atoms with van der Waals surface area (Å²) in [5, 5.41) is 4.84. The number of carbonyl (C=O) groups excluding carboxylic acids is 1. The topological polar surface area (TPSA) is 59.3 Å². The number of fused-ring (bicyclic) bond motifs is 1. The Morgan fingerprint density at radius 3 is 2.74 bits per heavy atom. The fraction of sp³-hybridized carbons (Fsp3) is 0. The smallest absolute Gasteiger partial charge is 0.266 e. The predicted molar refractivity (Wildman–Crippen MR) is 90.7 cm³/mol. The number of nitrogens with one attached hydrogen (secondary N) is 1. The van der Waals surface area contributed by atoms with E-state index in [9.17, 15) is 4.79 Å². The fourth-order valence-electron chi connectivity index (χ4n) is 2.38. The van der Waals surface area contributed by atoms with Crippen LogP contribution in [-0.4, -0.2) is 20.3 Å². The van der Waals surface area contributed by atoms with E-state index in [0.29, 0.717) is 22.2 Å². The molecule has 0 bridgehead atoms. The van der Waals surface area contributed by atoms with Crippen LogP contribution in [0.2, 0.25) is 0 Å². The molecule has 112 valence electrons. The molecule has 0 aliphatic rings. The Morgan fingerprint density at radius 2 is 1.96 bits per heavy atom. The molecule has 0 unspecified atom stereocenters. The van der Waals surface area contributed by atoms with E-state index in [-0.39, 0.29) is 5.91 Å². The van der Waals surface area contributed by atoms with Crippen LogP contribution in [0.1, 0.15) is 9.67 Å². The normalized spacial score (nSPS) is 10.8. The minimum absolute atomic E-state index is 0.150. The van der Waals surface area contributed by atoms with Crippen LogP contribution in [0.3, 0.4) is 0 Å². The minimum atomic E-state index is -0.150. The first kappa shape index (κ1) is 13.7. The Kier molecular flexibility index (Phi) is 3.36. The van der Waals surface area contributed by atoms with E-state index < -0.39 is 0 Å². The fourth-order valence-corrected chi connectivity index (χ4v) is 3.00. The van der Waals surface area contributed by atoms with Crippen molar-refractivity contribution in [3.05, 3.63) is 71.2 Å². The highest BCUT2D eigenvalue weighted by Gasteiger charge is 2.17. The molecule has 0 aliphatic heterocycles. The number of hydrogen-bond acceptors (Lipinski definition) is 4. The SMILES string of the molecule is O=C(Nc1c(-c2ccccc2)nc2ncccn12)c1cccs1. The third-order valence-electron chi connectivity index (χ3n) is 3.43. The van der Waals surface area contributed by atoms with Crippen molar-refractivity contribution < 1.29 is 4.79 Å². The van der Waals surface area contributed by atoms with Gasteiger partial charge in [0.25, 0.3) is 5.91 Å². The summed E-state index contributed by atoms with van der Waals surface area (Å²) in [5.74, 6) is 1.02. The van der Waals surface area contributed by atoms with Crippen molar-refractivity contribution in [3.63, 3.8) is 0 Å². The monoisotopic (exact) mass is 320 g/mol. The average molecular weight is 320 g/mol. The van der Waals surface area contributed by atoms with Gasteiger partial charge in [-0.25, -0.2) is 9.97 Å². The number of thiophene rings is 1. The molecule has 0 spiro atoms. The third-order valence-corrected chi connectivity index (χ3v) is 4.30. The number of imidazole rings is 1. The summed E-state index contributed by atoms with van der Waals surface area (Å²) < 4.78 is 1.79. The second-order valence-corrected chi connectivity index (χ2v) is 5.84. The van der Waals surface area contributed by atoms with Crippen LogP contribution in [0.25, 0.3) is 17.0 Å². The van der Waals surface area contributed by atoms with E-state index in [1.54, 1.807) is 16.7 Å². The average Bonchev–Trinajstić information content (AvgIpc) is 3.24. The van der Waals surface area contributed by atoms with Gasteiger partial charge in [-0.2, -0.15) is 0 Å². The molecule has 0 saturated carbocycles. The van der Waals surface area contributed by atoms with Crippen LogP contribution in [0.15, 0.2) is 66.3 Å². The van der Waals surface area contributed by atoms with Gasteiger partial charge in [-0.1, -0.05) is 36.4 Å². The number of carbonyl (C=O) groups is 1. The lowest BCUT2D eigenvalue weighted by Gasteiger charge is -2.06. The van der Waals surface area contributed by atoms with E-state index in [1.807, 2.05) is 54.0 Å². The highest BCUT2D eigenvalue weighted by Crippen LogP contribution is 2.28. The maximum Gasteiger partial charge on any atom is 0.266 e. The van der Waals surface area contributed by atoms with Crippen molar-refractivity contribution in [2.45, 2.75) is 0 Å². The zero-order valence-corrected chi connectivity index (χ0v) is 12.8. The highest BCUT2D eigenvalue weighted by molar-refractivity contribution is 7.12. The van der Waals surface area contributed by atoms with E-state index >= 15 is 0 Å². The first-order valence-corrected chi connectivity index (χ1v) is 7.94. The molecule has 5 nitrogen and oxygen atoms in total. The second-order valence-electron chi connectivity index (χ2n) is 4.90. The van der Waals surface area contributed by atoms with E-state index in [1.165, 1.54) is 11.3 Å². The summed E-state index contributed by atoms with van der Waals surface area (Å²) >= 11 is 1.40. The van der Waals surface area contributed by atoms with Crippen molar-refractivity contribution in [2.75, 3.05) is 5.32 Å². The third kappa shape index (κ3) is 2.49. The molecule has 0 atom stereocenters. The van der Waals surface area contributed by atoms with Crippen molar-refractivity contribution in [1.29, 1.82) is 0 Å². The largest absolute Gasteiger partial charge is 0.305 e. The molecule has 3 aromatic heterocycles. The molecular formula is C17H12N4OS. The zero-order chi connectivity index (χ0) is 15.6. The van der Waals surface area contributed by atoms with Gasteiger partial charge in [0.05, 0.1) is 4.88 Å². The van der Waals surface area contributed by atoms with Gasteiger partial charge in [-0.3, -0.25) is 9.20 Å². The van der Waals surface area contributed by atoms with Crippen molar-refractivity contribution >= 4 is 28.8 Å². The molecule has 3 heterocycles. The maximum absolute atomic E-state index is 12.4. The minimum Gasteiger partial charge on any atom is -0.305 e. The molecule has 1 N–H and O–H groups in total. The molecule has 0 aliphatic carbocycles. The first-order chi connectivity index (χ1) is 11.3. The molecule has 4 rings (SSSR count). The predicted octanol–water partition coefficient (Wildman–Crippen LogP) is 3.71.